The van der Waals surface area contributed by atoms with Gasteiger partial charge in [0.25, 0.3) is 0 Å². The molecule has 0 bridgehead atoms. The molecule has 0 heterocycles. The summed E-state index contributed by atoms with van der Waals surface area (Å²) in [7, 11) is 0. The summed E-state index contributed by atoms with van der Waals surface area (Å²) < 4.78 is 24.2. The van der Waals surface area contributed by atoms with Crippen LogP contribution in [0.1, 0.15) is 0 Å². The molecule has 0 saturated carbocycles. The van der Waals surface area contributed by atoms with Crippen molar-refractivity contribution in [2.24, 2.45) is 0 Å². The Labute approximate surface area is 70.7 Å². The fraction of sp³-hybridized carbons (Fsp3) is 0. The molecular weight excluding hydrogens is 184 g/mol. The average Bonchev–Trinajstić information content (AvgIpc) is 1.98. The maximum atomic E-state index is 10.0. The number of aromatic hydroxyl groups is 2. The Kier molecular flexibility index (Phi) is 2.51. The highest BCUT2D eigenvalue weighted by molar-refractivity contribution is 7.74. The number of hydrogen-bond donors (Lipinski definition) is 2. The van der Waals surface area contributed by atoms with Gasteiger partial charge in [-0.25, -0.2) is 4.21 Å². The van der Waals surface area contributed by atoms with Gasteiger partial charge in [-0.3, -0.25) is 0 Å². The zero-order valence-corrected chi connectivity index (χ0v) is 6.58. The minimum Gasteiger partial charge on any atom is -0.740 e. The third-order valence-corrected chi connectivity index (χ3v) is 1.45. The molecule has 0 aliphatic rings. The van der Waals surface area contributed by atoms with E-state index in [1.807, 2.05) is 0 Å². The van der Waals surface area contributed by atoms with Crippen LogP contribution < -0.4 is 4.18 Å². The summed E-state index contributed by atoms with van der Waals surface area (Å²) in [5, 5.41) is 17.9. The Morgan fingerprint density at radius 2 is 2.08 bits per heavy atom. The first-order chi connectivity index (χ1) is 5.61. The summed E-state index contributed by atoms with van der Waals surface area (Å²) in [5.74, 6) is -1.33. The Morgan fingerprint density at radius 3 is 2.67 bits per heavy atom. The van der Waals surface area contributed by atoms with Crippen molar-refractivity contribution in [1.29, 1.82) is 0 Å². The van der Waals surface area contributed by atoms with Gasteiger partial charge in [0.05, 0.1) is 0 Å². The normalized spacial score (nSPS) is 12.4. The summed E-state index contributed by atoms with van der Waals surface area (Å²) in [4.78, 5) is 0. The second-order valence-corrected chi connectivity index (χ2v) is 2.49. The van der Waals surface area contributed by atoms with Crippen molar-refractivity contribution in [1.82, 2.24) is 0 Å². The van der Waals surface area contributed by atoms with E-state index in [9.17, 15) is 8.76 Å². The fourth-order valence-electron chi connectivity index (χ4n) is 0.651. The number of rotatable bonds is 2. The molecule has 0 fully saturated rings. The van der Waals surface area contributed by atoms with E-state index in [2.05, 4.69) is 4.18 Å². The number of phenols is 2. The van der Waals surface area contributed by atoms with E-state index in [4.69, 9.17) is 10.2 Å². The van der Waals surface area contributed by atoms with E-state index in [0.29, 0.717) is 0 Å². The van der Waals surface area contributed by atoms with Crippen molar-refractivity contribution in [3.63, 3.8) is 0 Å². The third-order valence-electron chi connectivity index (χ3n) is 1.14. The van der Waals surface area contributed by atoms with Gasteiger partial charge in [0.15, 0.2) is 11.5 Å². The van der Waals surface area contributed by atoms with Crippen LogP contribution in [0.25, 0.3) is 0 Å². The van der Waals surface area contributed by atoms with Crippen LogP contribution in [0.2, 0.25) is 0 Å². The van der Waals surface area contributed by atoms with E-state index < -0.39 is 22.9 Å². The van der Waals surface area contributed by atoms with E-state index in [1.54, 1.807) is 0 Å². The van der Waals surface area contributed by atoms with Gasteiger partial charge in [-0.05, 0) is 12.1 Å². The highest BCUT2D eigenvalue weighted by atomic mass is 32.2. The average molecular weight is 189 g/mol. The lowest BCUT2D eigenvalue weighted by Gasteiger charge is -2.08. The number of para-hydroxylation sites is 1. The van der Waals surface area contributed by atoms with Gasteiger partial charge < -0.3 is 18.9 Å². The predicted octanol–water partition coefficient (Wildman–Crippen LogP) is 0.271. The van der Waals surface area contributed by atoms with Gasteiger partial charge >= 0.3 is 0 Å². The molecule has 1 atom stereocenters. The first kappa shape index (κ1) is 8.82. The number of hydrogen-bond acceptors (Lipinski definition) is 5. The van der Waals surface area contributed by atoms with Crippen LogP contribution in [-0.2, 0) is 11.4 Å². The molecule has 0 aliphatic heterocycles. The van der Waals surface area contributed by atoms with Crippen molar-refractivity contribution in [2.75, 3.05) is 0 Å². The van der Waals surface area contributed by atoms with Crippen LogP contribution in [0.4, 0.5) is 0 Å². The number of phenolic OH excluding ortho intramolecular Hbond substituents is 2. The molecule has 2 N–H and O–H groups in total. The van der Waals surface area contributed by atoms with Crippen molar-refractivity contribution in [2.45, 2.75) is 0 Å². The molecule has 5 nitrogen and oxygen atoms in total. The Morgan fingerprint density at radius 1 is 1.42 bits per heavy atom. The molecule has 6 heteroatoms. The molecule has 0 radical (unpaired) electrons. The lowest BCUT2D eigenvalue weighted by Crippen LogP contribution is -1.97. The largest absolute Gasteiger partial charge is 0.740 e. The Balaban J connectivity index is 3.00. The monoisotopic (exact) mass is 189 g/mol. The van der Waals surface area contributed by atoms with E-state index in [1.165, 1.54) is 18.2 Å². The smallest absolute Gasteiger partial charge is 0.202 e. The molecule has 0 aliphatic carbocycles. The quantitative estimate of drug-likeness (QED) is 0.514. The summed E-state index contributed by atoms with van der Waals surface area (Å²) >= 11 is -2.76. The second-order valence-electron chi connectivity index (χ2n) is 1.91. The lowest BCUT2D eigenvalue weighted by molar-refractivity contribution is 0.377. The molecule has 1 unspecified atom stereocenters. The lowest BCUT2D eigenvalue weighted by atomic mass is 10.3. The fourth-order valence-corrected chi connectivity index (χ4v) is 0.932. The van der Waals surface area contributed by atoms with Crippen LogP contribution in [0.15, 0.2) is 18.2 Å². The van der Waals surface area contributed by atoms with Gasteiger partial charge in [0.2, 0.25) is 5.75 Å². The van der Waals surface area contributed by atoms with Gasteiger partial charge in [-0.15, -0.1) is 0 Å². The van der Waals surface area contributed by atoms with Crippen LogP contribution in [0, 0.1) is 0 Å². The zero-order valence-electron chi connectivity index (χ0n) is 5.76. The molecule has 0 aromatic heterocycles. The van der Waals surface area contributed by atoms with Crippen molar-refractivity contribution in [3.05, 3.63) is 18.2 Å². The van der Waals surface area contributed by atoms with E-state index >= 15 is 0 Å². The molecule has 12 heavy (non-hydrogen) atoms. The standard InChI is InChI=1S/C6H6O5S/c7-4-2-1-3-5(6(4)8)11-12(9)10/h1-3,7-8H,(H,9,10)/p-1. The van der Waals surface area contributed by atoms with Crippen LogP contribution in [0.3, 0.4) is 0 Å². The first-order valence-electron chi connectivity index (χ1n) is 2.90. The second kappa shape index (κ2) is 3.42. The molecule has 0 amide bonds. The Bertz CT molecular complexity index is 311. The maximum absolute atomic E-state index is 10.0. The topological polar surface area (TPSA) is 89.8 Å². The minimum atomic E-state index is -2.76. The minimum absolute atomic E-state index is 0.302. The Hall–Kier alpha value is -1.27. The van der Waals surface area contributed by atoms with Crippen LogP contribution in [0.5, 0.6) is 17.2 Å². The van der Waals surface area contributed by atoms with Crippen molar-refractivity contribution < 1.29 is 23.2 Å². The summed E-state index contributed by atoms with van der Waals surface area (Å²) in [6.07, 6.45) is 0. The molecule has 1 aromatic carbocycles. The van der Waals surface area contributed by atoms with Gasteiger partial charge in [-0.2, -0.15) is 0 Å². The zero-order chi connectivity index (χ0) is 9.14. The molecule has 1 aromatic rings. The summed E-state index contributed by atoms with van der Waals surface area (Å²) in [6.45, 7) is 0. The highest BCUT2D eigenvalue weighted by Crippen LogP contribution is 2.34. The molecule has 0 spiro atoms. The predicted molar refractivity (Wildman–Crippen MR) is 39.3 cm³/mol. The summed E-state index contributed by atoms with van der Waals surface area (Å²) in [5.41, 5.74) is 0. The number of benzene rings is 1. The van der Waals surface area contributed by atoms with Gasteiger partial charge in [0.1, 0.15) is 11.4 Å². The van der Waals surface area contributed by atoms with Crippen LogP contribution in [-0.4, -0.2) is 19.0 Å². The highest BCUT2D eigenvalue weighted by Gasteiger charge is 2.06. The first-order valence-corrected chi connectivity index (χ1v) is 3.90. The molecular formula is C6H5O5S-. The van der Waals surface area contributed by atoms with E-state index in [0.717, 1.165) is 0 Å². The third kappa shape index (κ3) is 1.86. The molecule has 1 rings (SSSR count). The van der Waals surface area contributed by atoms with Crippen LogP contribution >= 0.6 is 0 Å². The summed E-state index contributed by atoms with van der Waals surface area (Å²) in [6, 6.07) is 3.76. The van der Waals surface area contributed by atoms with Crippen molar-refractivity contribution >= 4 is 11.4 Å². The SMILES string of the molecule is O=S([O-])Oc1cccc(O)c1O. The van der Waals surface area contributed by atoms with Gasteiger partial charge in [-0.1, -0.05) is 6.07 Å². The maximum Gasteiger partial charge on any atom is 0.202 e. The van der Waals surface area contributed by atoms with Gasteiger partial charge in [0, 0.05) is 0 Å². The van der Waals surface area contributed by atoms with E-state index in [-0.39, 0.29) is 5.75 Å². The molecule has 66 valence electrons. The molecule has 0 saturated heterocycles. The van der Waals surface area contributed by atoms with Crippen molar-refractivity contribution in [3.8, 4) is 17.2 Å².